The van der Waals surface area contributed by atoms with Gasteiger partial charge in [0.05, 0.1) is 18.7 Å². The second-order valence-corrected chi connectivity index (χ2v) is 7.69. The van der Waals surface area contributed by atoms with Gasteiger partial charge in [-0.15, -0.1) is 0 Å². The molecule has 0 aromatic heterocycles. The zero-order valence-corrected chi connectivity index (χ0v) is 16.6. The van der Waals surface area contributed by atoms with E-state index in [2.05, 4.69) is 10.2 Å². The number of rotatable bonds is 6. The third kappa shape index (κ3) is 5.86. The third-order valence-corrected chi connectivity index (χ3v) is 4.92. The molecule has 0 radical (unpaired) electrons. The van der Waals surface area contributed by atoms with E-state index in [4.69, 9.17) is 9.73 Å². The first-order valence-electron chi connectivity index (χ1n) is 9.37. The van der Waals surface area contributed by atoms with E-state index in [0.717, 1.165) is 44.7 Å². The molecule has 152 valence electrons. The van der Waals surface area contributed by atoms with Crippen molar-refractivity contribution in [3.05, 3.63) is 35.4 Å². The molecule has 0 spiro atoms. The lowest BCUT2D eigenvalue weighted by molar-refractivity contribution is -0.137. The molecule has 1 aromatic carbocycles. The van der Waals surface area contributed by atoms with Crippen LogP contribution in [0.3, 0.4) is 0 Å². The van der Waals surface area contributed by atoms with Crippen LogP contribution < -0.4 is 5.32 Å². The maximum atomic E-state index is 13.0. The highest BCUT2D eigenvalue weighted by Gasteiger charge is 2.32. The Hall–Kier alpha value is -1.76. The summed E-state index contributed by atoms with van der Waals surface area (Å²) in [5, 5.41) is 3.30. The number of hydrogen-bond acceptors (Lipinski definition) is 2. The topological polar surface area (TPSA) is 36.9 Å². The van der Waals surface area contributed by atoms with Gasteiger partial charge in [-0.25, -0.2) is 0 Å². The average Bonchev–Trinajstić information content (AvgIpc) is 3.07. The lowest BCUT2D eigenvalue weighted by Gasteiger charge is -2.27. The van der Waals surface area contributed by atoms with Crippen molar-refractivity contribution in [3.63, 3.8) is 0 Å². The van der Waals surface area contributed by atoms with Crippen LogP contribution in [0.2, 0.25) is 0 Å². The van der Waals surface area contributed by atoms with Crippen molar-refractivity contribution in [2.45, 2.75) is 38.8 Å². The van der Waals surface area contributed by atoms with Crippen molar-refractivity contribution < 1.29 is 17.9 Å². The first kappa shape index (κ1) is 21.5. The zero-order chi connectivity index (χ0) is 20.1. The Balaban J connectivity index is 2.14. The number of aliphatic imine (C=N–C) groups is 1. The van der Waals surface area contributed by atoms with E-state index in [1.54, 1.807) is 13.2 Å². The van der Waals surface area contributed by atoms with Crippen LogP contribution in [0.15, 0.2) is 29.3 Å². The Morgan fingerprint density at radius 1 is 1.30 bits per heavy atom. The highest BCUT2D eigenvalue weighted by Crippen LogP contribution is 2.33. The van der Waals surface area contributed by atoms with E-state index < -0.39 is 17.2 Å². The molecule has 27 heavy (non-hydrogen) atoms. The highest BCUT2D eigenvalue weighted by atomic mass is 19.4. The number of alkyl halides is 3. The molecule has 1 unspecified atom stereocenters. The number of methoxy groups -OCH3 is 1. The van der Waals surface area contributed by atoms with E-state index in [9.17, 15) is 13.2 Å². The van der Waals surface area contributed by atoms with Crippen LogP contribution in [0.5, 0.6) is 0 Å². The van der Waals surface area contributed by atoms with Crippen molar-refractivity contribution in [2.24, 2.45) is 10.9 Å². The second-order valence-electron chi connectivity index (χ2n) is 7.69. The van der Waals surface area contributed by atoms with E-state index in [-0.39, 0.29) is 0 Å². The molecule has 1 N–H and O–H groups in total. The molecular formula is C20H30F3N3O. The lowest BCUT2D eigenvalue weighted by Crippen LogP contribution is -2.41. The van der Waals surface area contributed by atoms with Crippen LogP contribution in [0.1, 0.15) is 38.3 Å². The number of halogens is 3. The summed E-state index contributed by atoms with van der Waals surface area (Å²) in [5.41, 5.74) is -0.491. The Labute approximate surface area is 159 Å². The predicted octanol–water partition coefficient (Wildman–Crippen LogP) is 3.92. The largest absolute Gasteiger partial charge is 0.416 e. The Morgan fingerprint density at radius 2 is 2.00 bits per heavy atom. The Bertz CT molecular complexity index is 644. The Kier molecular flexibility index (Phi) is 7.14. The summed E-state index contributed by atoms with van der Waals surface area (Å²) in [6.07, 6.45) is -3.29. The summed E-state index contributed by atoms with van der Waals surface area (Å²) < 4.78 is 44.3. The fraction of sp³-hybridized carbons (Fsp3) is 0.650. The maximum absolute atomic E-state index is 13.0. The molecule has 0 amide bonds. The van der Waals surface area contributed by atoms with Crippen LogP contribution >= 0.6 is 0 Å². The molecule has 0 bridgehead atoms. The molecule has 0 aliphatic carbocycles. The normalized spacial score (nSPS) is 18.9. The van der Waals surface area contributed by atoms with Crippen LogP contribution in [0.25, 0.3) is 0 Å². The van der Waals surface area contributed by atoms with Crippen LogP contribution in [-0.2, 0) is 16.3 Å². The standard InChI is InChI=1S/C20H30F3N3O/c1-5-24-18(26-10-9-15(12-26)13-27-4)25-14-19(2,3)16-7-6-8-17(11-16)20(21,22)23/h6-8,11,15H,5,9-10,12-14H2,1-4H3,(H,24,25). The van der Waals surface area contributed by atoms with Gasteiger partial charge in [-0.1, -0.05) is 32.0 Å². The zero-order valence-electron chi connectivity index (χ0n) is 16.6. The van der Waals surface area contributed by atoms with Gasteiger partial charge in [0.2, 0.25) is 0 Å². The van der Waals surface area contributed by atoms with Gasteiger partial charge in [-0.3, -0.25) is 4.99 Å². The van der Waals surface area contributed by atoms with E-state index in [0.29, 0.717) is 18.0 Å². The predicted molar refractivity (Wildman–Crippen MR) is 102 cm³/mol. The summed E-state index contributed by atoms with van der Waals surface area (Å²) in [4.78, 5) is 6.94. The molecule has 1 aliphatic rings. The van der Waals surface area contributed by atoms with Crippen molar-refractivity contribution >= 4 is 5.96 Å². The monoisotopic (exact) mass is 385 g/mol. The van der Waals surface area contributed by atoms with Crippen molar-refractivity contribution in [1.29, 1.82) is 0 Å². The molecule has 1 fully saturated rings. The van der Waals surface area contributed by atoms with Gasteiger partial charge in [-0.2, -0.15) is 13.2 Å². The van der Waals surface area contributed by atoms with Gasteiger partial charge in [0.15, 0.2) is 5.96 Å². The first-order valence-corrected chi connectivity index (χ1v) is 9.37. The van der Waals surface area contributed by atoms with Crippen molar-refractivity contribution in [3.8, 4) is 0 Å². The van der Waals surface area contributed by atoms with Crippen molar-refractivity contribution in [2.75, 3.05) is 39.9 Å². The van der Waals surface area contributed by atoms with Gasteiger partial charge in [-0.05, 0) is 25.0 Å². The molecule has 2 rings (SSSR count). The number of likely N-dealkylation sites (tertiary alicyclic amines) is 1. The van der Waals surface area contributed by atoms with E-state index >= 15 is 0 Å². The molecule has 1 atom stereocenters. The molecule has 4 nitrogen and oxygen atoms in total. The number of benzene rings is 1. The number of nitrogens with one attached hydrogen (secondary N) is 1. The first-order chi connectivity index (χ1) is 12.7. The smallest absolute Gasteiger partial charge is 0.384 e. The SMILES string of the molecule is CCNC(=NCC(C)(C)c1cccc(C(F)(F)F)c1)N1CCC(COC)C1. The van der Waals surface area contributed by atoms with Crippen LogP contribution in [-0.4, -0.2) is 50.8 Å². The molecular weight excluding hydrogens is 355 g/mol. The van der Waals surface area contributed by atoms with Gasteiger partial charge in [0.25, 0.3) is 0 Å². The van der Waals surface area contributed by atoms with Gasteiger partial charge < -0.3 is 15.0 Å². The van der Waals surface area contributed by atoms with Gasteiger partial charge >= 0.3 is 6.18 Å². The second kappa shape index (κ2) is 8.95. The molecule has 1 aromatic rings. The minimum atomic E-state index is -4.34. The quantitative estimate of drug-likeness (QED) is 0.596. The molecule has 1 saturated heterocycles. The highest BCUT2D eigenvalue weighted by molar-refractivity contribution is 5.80. The van der Waals surface area contributed by atoms with Crippen molar-refractivity contribution in [1.82, 2.24) is 10.2 Å². The Morgan fingerprint density at radius 3 is 2.63 bits per heavy atom. The van der Waals surface area contributed by atoms with Crippen LogP contribution in [0, 0.1) is 5.92 Å². The van der Waals surface area contributed by atoms with E-state index in [1.807, 2.05) is 20.8 Å². The lowest BCUT2D eigenvalue weighted by atomic mass is 9.84. The summed E-state index contributed by atoms with van der Waals surface area (Å²) >= 11 is 0. The average molecular weight is 385 g/mol. The number of hydrogen-bond donors (Lipinski definition) is 1. The summed E-state index contributed by atoms with van der Waals surface area (Å²) in [6, 6.07) is 5.53. The maximum Gasteiger partial charge on any atom is 0.416 e. The third-order valence-electron chi connectivity index (χ3n) is 4.92. The molecule has 0 saturated carbocycles. The number of ether oxygens (including phenoxy) is 1. The summed E-state index contributed by atoms with van der Waals surface area (Å²) in [5.74, 6) is 1.30. The summed E-state index contributed by atoms with van der Waals surface area (Å²) in [6.45, 7) is 9.52. The van der Waals surface area contributed by atoms with Gasteiger partial charge in [0, 0.05) is 38.1 Å². The number of guanidine groups is 1. The van der Waals surface area contributed by atoms with Gasteiger partial charge in [0.1, 0.15) is 0 Å². The summed E-state index contributed by atoms with van der Waals surface area (Å²) in [7, 11) is 1.71. The molecule has 1 aliphatic heterocycles. The van der Waals surface area contributed by atoms with E-state index in [1.165, 1.54) is 12.1 Å². The minimum absolute atomic E-state index is 0.405. The number of nitrogens with zero attached hydrogens (tertiary/aromatic N) is 2. The minimum Gasteiger partial charge on any atom is -0.384 e. The molecule has 1 heterocycles. The van der Waals surface area contributed by atoms with Crippen LogP contribution in [0.4, 0.5) is 13.2 Å². The fourth-order valence-corrected chi connectivity index (χ4v) is 3.30. The molecule has 7 heteroatoms. The fourth-order valence-electron chi connectivity index (χ4n) is 3.30.